The summed E-state index contributed by atoms with van der Waals surface area (Å²) >= 11 is 0. The summed E-state index contributed by atoms with van der Waals surface area (Å²) in [5.74, 6) is -0.0338. The summed E-state index contributed by atoms with van der Waals surface area (Å²) < 4.78 is 24.5. The van der Waals surface area contributed by atoms with Crippen LogP contribution < -0.4 is 0 Å². The van der Waals surface area contributed by atoms with Gasteiger partial charge in [-0.25, -0.2) is 8.42 Å². The highest BCUT2D eigenvalue weighted by Crippen LogP contribution is 2.42. The molecule has 21 heavy (non-hydrogen) atoms. The Morgan fingerprint density at radius 3 is 2.43 bits per heavy atom. The number of sulfone groups is 1. The van der Waals surface area contributed by atoms with Crippen LogP contribution in [0, 0.1) is 13.8 Å². The molecule has 1 unspecified atom stereocenters. The largest absolute Gasteiger partial charge is 0.380 e. The zero-order chi connectivity index (χ0) is 15.3. The molecule has 3 nitrogen and oxygen atoms in total. The fourth-order valence-electron chi connectivity index (χ4n) is 3.09. The fraction of sp³-hybridized carbons (Fsp3) is 0.294. The molecule has 110 valence electrons. The molecule has 0 fully saturated rings. The molecule has 0 aliphatic carbocycles. The number of aryl methyl sites for hydroxylation is 1. The van der Waals surface area contributed by atoms with Crippen LogP contribution in [0.2, 0.25) is 0 Å². The lowest BCUT2D eigenvalue weighted by Gasteiger charge is -2.36. The molecule has 0 bridgehead atoms. The molecule has 0 saturated carbocycles. The number of aliphatic hydroxyl groups is 1. The van der Waals surface area contributed by atoms with Crippen molar-refractivity contribution >= 4 is 9.84 Å². The van der Waals surface area contributed by atoms with Crippen molar-refractivity contribution in [3.8, 4) is 0 Å². The van der Waals surface area contributed by atoms with Crippen LogP contribution in [-0.4, -0.2) is 19.3 Å². The van der Waals surface area contributed by atoms with Crippen LogP contribution in [0.25, 0.3) is 0 Å². The molecule has 2 aromatic carbocycles. The number of hydrogen-bond acceptors (Lipinski definition) is 3. The normalized spacial score (nSPS) is 23.6. The Kier molecular flexibility index (Phi) is 3.19. The Hall–Kier alpha value is -1.65. The Morgan fingerprint density at radius 1 is 1.00 bits per heavy atom. The van der Waals surface area contributed by atoms with Crippen LogP contribution in [-0.2, 0) is 15.4 Å². The third kappa shape index (κ3) is 2.10. The minimum atomic E-state index is -3.30. The lowest BCUT2D eigenvalue weighted by molar-refractivity contribution is 0.0710. The maximum Gasteiger partial charge on any atom is 0.178 e. The molecule has 0 amide bonds. The van der Waals surface area contributed by atoms with E-state index in [0.717, 1.165) is 16.7 Å². The first-order valence-corrected chi connectivity index (χ1v) is 8.63. The highest BCUT2D eigenvalue weighted by Gasteiger charge is 2.42. The van der Waals surface area contributed by atoms with E-state index in [4.69, 9.17) is 0 Å². The average Bonchev–Trinajstić information content (AvgIpc) is 2.47. The third-order valence-corrected chi connectivity index (χ3v) is 6.22. The Balaban J connectivity index is 2.30. The highest BCUT2D eigenvalue weighted by atomic mass is 32.2. The summed E-state index contributed by atoms with van der Waals surface area (Å²) in [6.45, 7) is 3.96. The molecule has 0 saturated heterocycles. The summed E-state index contributed by atoms with van der Waals surface area (Å²) in [6.07, 6.45) is 0.191. The van der Waals surface area contributed by atoms with Crippen molar-refractivity contribution in [3.63, 3.8) is 0 Å². The van der Waals surface area contributed by atoms with E-state index >= 15 is 0 Å². The Bertz CT molecular complexity index is 809. The van der Waals surface area contributed by atoms with Crippen LogP contribution in [0.3, 0.4) is 0 Å². The van der Waals surface area contributed by atoms with E-state index in [2.05, 4.69) is 0 Å². The van der Waals surface area contributed by atoms with Gasteiger partial charge in [-0.15, -0.1) is 0 Å². The first-order chi connectivity index (χ1) is 9.86. The summed E-state index contributed by atoms with van der Waals surface area (Å²) in [6, 6.07) is 12.6. The zero-order valence-corrected chi connectivity index (χ0v) is 12.9. The maximum absolute atomic E-state index is 12.2. The number of fused-ring (bicyclic) bond motifs is 1. The smallest absolute Gasteiger partial charge is 0.178 e. The third-order valence-electron chi connectivity index (χ3n) is 4.45. The van der Waals surface area contributed by atoms with E-state index in [0.29, 0.717) is 5.56 Å². The summed E-state index contributed by atoms with van der Waals surface area (Å²) in [5, 5.41) is 11.3. The molecule has 1 atom stereocenters. The Morgan fingerprint density at radius 2 is 1.67 bits per heavy atom. The van der Waals surface area contributed by atoms with Crippen molar-refractivity contribution in [1.82, 2.24) is 0 Å². The lowest BCUT2D eigenvalue weighted by Crippen LogP contribution is -2.37. The number of benzene rings is 2. The lowest BCUT2D eigenvalue weighted by atomic mass is 9.80. The first-order valence-electron chi connectivity index (χ1n) is 6.97. The fourth-order valence-corrected chi connectivity index (χ4v) is 4.73. The van der Waals surface area contributed by atoms with Gasteiger partial charge in [-0.3, -0.25) is 0 Å². The van der Waals surface area contributed by atoms with Gasteiger partial charge in [-0.1, -0.05) is 36.4 Å². The predicted octanol–water partition coefficient (Wildman–Crippen LogP) is 2.72. The molecule has 2 aromatic rings. The van der Waals surface area contributed by atoms with Crippen LogP contribution >= 0.6 is 0 Å². The van der Waals surface area contributed by atoms with Gasteiger partial charge in [0, 0.05) is 5.56 Å². The molecule has 0 aromatic heterocycles. The van der Waals surface area contributed by atoms with Crippen molar-refractivity contribution in [1.29, 1.82) is 0 Å². The van der Waals surface area contributed by atoms with E-state index < -0.39 is 15.4 Å². The van der Waals surface area contributed by atoms with E-state index in [1.807, 2.05) is 32.0 Å². The summed E-state index contributed by atoms with van der Waals surface area (Å²) in [4.78, 5) is 0.250. The second kappa shape index (κ2) is 4.68. The van der Waals surface area contributed by atoms with Gasteiger partial charge in [-0.2, -0.15) is 0 Å². The van der Waals surface area contributed by atoms with E-state index in [-0.39, 0.29) is 17.1 Å². The van der Waals surface area contributed by atoms with Crippen LogP contribution in [0.15, 0.2) is 47.4 Å². The molecule has 1 heterocycles. The van der Waals surface area contributed by atoms with Gasteiger partial charge in [0.2, 0.25) is 0 Å². The standard InChI is InChI=1S/C17H18O3S/c1-12-6-5-8-14(13(12)2)17(18)10-11-21(19,20)16-9-4-3-7-15(16)17/h3-9,18H,10-11H2,1-2H3. The summed E-state index contributed by atoms with van der Waals surface area (Å²) in [7, 11) is -3.30. The SMILES string of the molecule is Cc1cccc(C2(O)CCS(=O)(=O)c3ccccc32)c1C. The Labute approximate surface area is 125 Å². The monoisotopic (exact) mass is 302 g/mol. The minimum absolute atomic E-state index is 0.0338. The second-order valence-electron chi connectivity index (χ2n) is 5.67. The molecule has 1 aliphatic rings. The zero-order valence-electron chi connectivity index (χ0n) is 12.1. The highest BCUT2D eigenvalue weighted by molar-refractivity contribution is 7.91. The van der Waals surface area contributed by atoms with Crippen LogP contribution in [0.5, 0.6) is 0 Å². The molecule has 1 N–H and O–H groups in total. The van der Waals surface area contributed by atoms with Gasteiger partial charge >= 0.3 is 0 Å². The van der Waals surface area contributed by atoms with Crippen molar-refractivity contribution < 1.29 is 13.5 Å². The van der Waals surface area contributed by atoms with Gasteiger partial charge < -0.3 is 5.11 Å². The van der Waals surface area contributed by atoms with Gasteiger partial charge in [0.05, 0.1) is 10.6 Å². The van der Waals surface area contributed by atoms with Crippen LogP contribution in [0.4, 0.5) is 0 Å². The van der Waals surface area contributed by atoms with Gasteiger partial charge in [0.15, 0.2) is 9.84 Å². The molecule has 4 heteroatoms. The molecular formula is C17H18O3S. The molecule has 3 rings (SSSR count). The van der Waals surface area contributed by atoms with Crippen molar-refractivity contribution in [3.05, 3.63) is 64.7 Å². The number of rotatable bonds is 1. The topological polar surface area (TPSA) is 54.4 Å². The van der Waals surface area contributed by atoms with Gasteiger partial charge in [0.25, 0.3) is 0 Å². The second-order valence-corrected chi connectivity index (χ2v) is 7.75. The van der Waals surface area contributed by atoms with Crippen molar-refractivity contribution in [2.45, 2.75) is 30.8 Å². The van der Waals surface area contributed by atoms with Gasteiger partial charge in [0.1, 0.15) is 5.60 Å². The molecular weight excluding hydrogens is 284 g/mol. The molecule has 0 radical (unpaired) electrons. The van der Waals surface area contributed by atoms with Crippen LogP contribution in [0.1, 0.15) is 28.7 Å². The molecule has 1 aliphatic heterocycles. The van der Waals surface area contributed by atoms with Crippen molar-refractivity contribution in [2.75, 3.05) is 5.75 Å². The quantitative estimate of drug-likeness (QED) is 0.881. The van der Waals surface area contributed by atoms with E-state index in [1.165, 1.54) is 0 Å². The first kappa shape index (κ1) is 14.3. The minimum Gasteiger partial charge on any atom is -0.380 e. The summed E-state index contributed by atoms with van der Waals surface area (Å²) in [5.41, 5.74) is 2.15. The van der Waals surface area contributed by atoms with E-state index in [9.17, 15) is 13.5 Å². The molecule has 0 spiro atoms. The average molecular weight is 302 g/mol. The number of hydrogen-bond donors (Lipinski definition) is 1. The van der Waals surface area contributed by atoms with Crippen molar-refractivity contribution in [2.24, 2.45) is 0 Å². The predicted molar refractivity (Wildman–Crippen MR) is 82.0 cm³/mol. The maximum atomic E-state index is 12.2. The van der Waals surface area contributed by atoms with E-state index in [1.54, 1.807) is 24.3 Å². The van der Waals surface area contributed by atoms with Gasteiger partial charge in [-0.05, 0) is 43.0 Å².